The van der Waals surface area contributed by atoms with Gasteiger partial charge < -0.3 is 20.1 Å². The molecule has 2 amide bonds. The average molecular weight is 362 g/mol. The van der Waals surface area contributed by atoms with Crippen molar-refractivity contribution in [1.82, 2.24) is 10.6 Å². The number of nitrogens with one attached hydrogen (secondary N) is 2. The molecule has 0 bridgehead atoms. The van der Waals surface area contributed by atoms with E-state index in [1.54, 1.807) is 6.92 Å². The second kappa shape index (κ2) is 7.41. The number of esters is 1. The van der Waals surface area contributed by atoms with E-state index in [2.05, 4.69) is 10.6 Å². The normalized spacial score (nSPS) is 17.0. The van der Waals surface area contributed by atoms with E-state index in [-0.39, 0.29) is 23.9 Å². The summed E-state index contributed by atoms with van der Waals surface area (Å²) in [7, 11) is 0. The van der Waals surface area contributed by atoms with Gasteiger partial charge in [0.2, 0.25) is 11.6 Å². The number of hydrogen-bond acceptors (Lipinski definition) is 4. The van der Waals surface area contributed by atoms with Crippen molar-refractivity contribution in [3.63, 3.8) is 0 Å². The van der Waals surface area contributed by atoms with Crippen molar-refractivity contribution in [2.75, 3.05) is 13.2 Å². The van der Waals surface area contributed by atoms with E-state index in [1.807, 2.05) is 0 Å². The van der Waals surface area contributed by atoms with Crippen molar-refractivity contribution < 1.29 is 36.6 Å². The summed E-state index contributed by atoms with van der Waals surface area (Å²) in [6.45, 7) is 2.38. The molecule has 1 aliphatic rings. The number of carbonyl (C=O) groups excluding carboxylic acids is 2. The lowest BCUT2D eigenvalue weighted by molar-refractivity contribution is -0.139. The first-order valence-electron chi connectivity index (χ1n) is 7.19. The molecule has 0 saturated heterocycles. The summed E-state index contributed by atoms with van der Waals surface area (Å²) in [6.07, 6.45) is 0. The lowest BCUT2D eigenvalue weighted by Gasteiger charge is -2.26. The van der Waals surface area contributed by atoms with Crippen LogP contribution in [0, 0.1) is 23.3 Å². The molecular formula is C15H14F4N2O4. The highest BCUT2D eigenvalue weighted by Crippen LogP contribution is 2.27. The number of benzene rings is 1. The Kier molecular flexibility index (Phi) is 5.50. The Morgan fingerprint density at radius 1 is 1.20 bits per heavy atom. The minimum Gasteiger partial charge on any atom is -0.481 e. The van der Waals surface area contributed by atoms with Crippen LogP contribution in [0.4, 0.5) is 22.4 Å². The van der Waals surface area contributed by atoms with Gasteiger partial charge in [-0.15, -0.1) is 0 Å². The molecule has 0 fully saturated rings. The molecule has 25 heavy (non-hydrogen) atoms. The maximum Gasteiger partial charge on any atom is 0.338 e. The largest absolute Gasteiger partial charge is 0.481 e. The SMILES string of the molecule is CCOC(=O)C1=C(COc2c(F)c(F)cc(F)c2F)NC(=O)N[C@@H]1C. The maximum atomic E-state index is 13.6. The molecule has 10 heteroatoms. The van der Waals surface area contributed by atoms with Gasteiger partial charge in [-0.25, -0.2) is 18.4 Å². The van der Waals surface area contributed by atoms with Crippen LogP contribution in [0.5, 0.6) is 5.75 Å². The number of hydrogen-bond donors (Lipinski definition) is 2. The van der Waals surface area contributed by atoms with E-state index >= 15 is 0 Å². The monoisotopic (exact) mass is 362 g/mol. The molecule has 136 valence electrons. The van der Waals surface area contributed by atoms with Gasteiger partial charge in [0.25, 0.3) is 0 Å². The fraction of sp³-hybridized carbons (Fsp3) is 0.333. The zero-order valence-electron chi connectivity index (χ0n) is 13.2. The maximum absolute atomic E-state index is 13.6. The summed E-state index contributed by atoms with van der Waals surface area (Å²) in [6, 6.07) is -1.43. The standard InChI is InChI=1S/C15H14F4N2O4/c1-3-24-14(22)10-6(2)20-15(23)21-9(10)5-25-13-11(18)7(16)4-8(17)12(13)19/h4,6H,3,5H2,1-2H3,(H2,20,21,23)/t6-/m1/s1. The predicted molar refractivity (Wildman–Crippen MR) is 76.6 cm³/mol. The highest BCUT2D eigenvalue weighted by atomic mass is 19.2. The van der Waals surface area contributed by atoms with Crippen molar-refractivity contribution in [1.29, 1.82) is 0 Å². The van der Waals surface area contributed by atoms with Crippen molar-refractivity contribution in [2.45, 2.75) is 19.9 Å². The third kappa shape index (κ3) is 3.83. The fourth-order valence-electron chi connectivity index (χ4n) is 2.22. The van der Waals surface area contributed by atoms with Gasteiger partial charge in [0, 0.05) is 6.07 Å². The van der Waals surface area contributed by atoms with Gasteiger partial charge in [0.1, 0.15) is 6.61 Å². The number of urea groups is 1. The van der Waals surface area contributed by atoms with Gasteiger partial charge in [-0.3, -0.25) is 0 Å². The van der Waals surface area contributed by atoms with E-state index in [0.29, 0.717) is 0 Å². The van der Waals surface area contributed by atoms with Crippen LogP contribution < -0.4 is 15.4 Å². The van der Waals surface area contributed by atoms with E-state index in [4.69, 9.17) is 9.47 Å². The molecule has 0 unspecified atom stereocenters. The van der Waals surface area contributed by atoms with Crippen molar-refractivity contribution in [2.24, 2.45) is 0 Å². The van der Waals surface area contributed by atoms with Crippen molar-refractivity contribution in [3.05, 3.63) is 40.6 Å². The van der Waals surface area contributed by atoms with E-state index in [1.165, 1.54) is 6.92 Å². The van der Waals surface area contributed by atoms with E-state index < -0.39 is 53.7 Å². The molecule has 0 spiro atoms. The lowest BCUT2D eigenvalue weighted by atomic mass is 10.0. The molecule has 0 aliphatic carbocycles. The third-order valence-corrected chi connectivity index (χ3v) is 3.30. The molecule has 0 radical (unpaired) electrons. The van der Waals surface area contributed by atoms with Gasteiger partial charge in [-0.05, 0) is 13.8 Å². The summed E-state index contributed by atoms with van der Waals surface area (Å²) >= 11 is 0. The summed E-state index contributed by atoms with van der Waals surface area (Å²) in [4.78, 5) is 23.5. The van der Waals surface area contributed by atoms with Crippen LogP contribution in [0.1, 0.15) is 13.8 Å². The third-order valence-electron chi connectivity index (χ3n) is 3.30. The summed E-state index contributed by atoms with van der Waals surface area (Å²) in [5.74, 6) is -8.83. The number of halogens is 4. The lowest BCUT2D eigenvalue weighted by Crippen LogP contribution is -2.50. The second-order valence-corrected chi connectivity index (χ2v) is 5.02. The number of amides is 2. The van der Waals surface area contributed by atoms with E-state index in [9.17, 15) is 27.2 Å². The van der Waals surface area contributed by atoms with Crippen LogP contribution in [-0.4, -0.2) is 31.3 Å². The van der Waals surface area contributed by atoms with Crippen LogP contribution in [0.25, 0.3) is 0 Å². The summed E-state index contributed by atoms with van der Waals surface area (Å²) < 4.78 is 63.2. The predicted octanol–water partition coefficient (Wildman–Crippen LogP) is 2.14. The Morgan fingerprint density at radius 3 is 2.36 bits per heavy atom. The van der Waals surface area contributed by atoms with Gasteiger partial charge in [0.15, 0.2) is 17.4 Å². The second-order valence-electron chi connectivity index (χ2n) is 5.02. The van der Waals surface area contributed by atoms with E-state index in [0.717, 1.165) is 0 Å². The Balaban J connectivity index is 2.34. The Morgan fingerprint density at radius 2 is 1.80 bits per heavy atom. The Labute approximate surface area is 139 Å². The first-order valence-corrected chi connectivity index (χ1v) is 7.19. The Hall–Kier alpha value is -2.78. The van der Waals surface area contributed by atoms with Crippen LogP contribution in [0.15, 0.2) is 17.3 Å². The number of ether oxygens (including phenoxy) is 2. The number of rotatable bonds is 5. The first-order chi connectivity index (χ1) is 11.8. The molecule has 1 aromatic rings. The van der Waals surface area contributed by atoms with Gasteiger partial charge in [-0.2, -0.15) is 8.78 Å². The van der Waals surface area contributed by atoms with Crippen molar-refractivity contribution >= 4 is 12.0 Å². The zero-order valence-corrected chi connectivity index (χ0v) is 13.2. The van der Waals surface area contributed by atoms with Crippen LogP contribution >= 0.6 is 0 Å². The topological polar surface area (TPSA) is 76.7 Å². The van der Waals surface area contributed by atoms with Crippen LogP contribution in [-0.2, 0) is 9.53 Å². The molecule has 1 heterocycles. The highest BCUT2D eigenvalue weighted by Gasteiger charge is 2.30. The molecule has 1 atom stereocenters. The minimum atomic E-state index is -1.73. The van der Waals surface area contributed by atoms with Gasteiger partial charge in [0.05, 0.1) is 23.9 Å². The first kappa shape index (κ1) is 18.6. The van der Waals surface area contributed by atoms with Crippen LogP contribution in [0.2, 0.25) is 0 Å². The molecule has 0 saturated carbocycles. The smallest absolute Gasteiger partial charge is 0.338 e. The highest BCUT2D eigenvalue weighted by molar-refractivity contribution is 5.94. The number of carbonyl (C=O) groups is 2. The molecule has 6 nitrogen and oxygen atoms in total. The van der Waals surface area contributed by atoms with Gasteiger partial charge >= 0.3 is 12.0 Å². The zero-order chi connectivity index (χ0) is 18.7. The molecular weight excluding hydrogens is 348 g/mol. The Bertz CT molecular complexity index is 725. The average Bonchev–Trinajstić information content (AvgIpc) is 2.52. The van der Waals surface area contributed by atoms with Crippen molar-refractivity contribution in [3.8, 4) is 5.75 Å². The summed E-state index contributed by atoms with van der Waals surface area (Å²) in [5.41, 5.74) is -0.183. The molecule has 1 aliphatic heterocycles. The molecule has 2 rings (SSSR count). The summed E-state index contributed by atoms with van der Waals surface area (Å²) in [5, 5.41) is 4.65. The molecule has 0 aromatic heterocycles. The fourth-order valence-corrected chi connectivity index (χ4v) is 2.22. The minimum absolute atomic E-state index is 0.0369. The van der Waals surface area contributed by atoms with Gasteiger partial charge in [-0.1, -0.05) is 0 Å². The molecule has 2 N–H and O–H groups in total. The molecule has 1 aromatic carbocycles. The van der Waals surface area contributed by atoms with Crippen LogP contribution in [0.3, 0.4) is 0 Å². The quantitative estimate of drug-likeness (QED) is 0.478.